The van der Waals surface area contributed by atoms with Gasteiger partial charge in [0.2, 0.25) is 5.91 Å². The third-order valence-corrected chi connectivity index (χ3v) is 4.13. The van der Waals surface area contributed by atoms with E-state index in [1.165, 1.54) is 23.1 Å². The fourth-order valence-corrected chi connectivity index (χ4v) is 2.90. The van der Waals surface area contributed by atoms with E-state index in [9.17, 15) is 9.59 Å². The molecule has 0 aromatic heterocycles. The minimum absolute atomic E-state index is 0.0319. The summed E-state index contributed by atoms with van der Waals surface area (Å²) >= 11 is 1.45. The summed E-state index contributed by atoms with van der Waals surface area (Å²) in [6.07, 6.45) is 7.12. The monoisotopic (exact) mass is 269 g/mol. The number of thioether (sulfide) groups is 1. The lowest BCUT2D eigenvalue weighted by Crippen LogP contribution is -2.43. The van der Waals surface area contributed by atoms with Gasteiger partial charge in [-0.3, -0.25) is 4.79 Å². The van der Waals surface area contributed by atoms with Crippen LogP contribution in [0, 0.1) is 0 Å². The molecule has 100 valence electrons. The lowest BCUT2D eigenvalue weighted by atomic mass is 9.98. The van der Waals surface area contributed by atoms with Gasteiger partial charge in [0, 0.05) is 6.20 Å². The average molecular weight is 269 g/mol. The van der Waals surface area contributed by atoms with Crippen LogP contribution < -0.4 is 0 Å². The number of nitrogens with zero attached hydrogens (tertiary/aromatic N) is 1. The second-order valence-corrected chi connectivity index (χ2v) is 5.66. The fourth-order valence-electron chi connectivity index (χ4n) is 2.29. The highest BCUT2D eigenvalue weighted by molar-refractivity contribution is 8.02. The molecule has 1 amide bonds. The Morgan fingerprint density at radius 1 is 1.44 bits per heavy atom. The number of hydrogen-bond donors (Lipinski definition) is 0. The number of carbonyl (C=O) groups excluding carboxylic acids is 2. The van der Waals surface area contributed by atoms with Crippen molar-refractivity contribution in [2.75, 3.05) is 5.75 Å². The smallest absolute Gasteiger partial charge is 0.329 e. The largest absolute Gasteiger partial charge is 0.461 e. The summed E-state index contributed by atoms with van der Waals surface area (Å²) in [6.45, 7) is 1.73. The maximum atomic E-state index is 12.0. The summed E-state index contributed by atoms with van der Waals surface area (Å²) in [4.78, 5) is 25.2. The molecule has 1 aliphatic carbocycles. The third-order valence-electron chi connectivity index (χ3n) is 3.41. The number of amides is 1. The molecular formula is C13H19NO3S. The topological polar surface area (TPSA) is 46.6 Å². The normalized spacial score (nSPS) is 22.9. The summed E-state index contributed by atoms with van der Waals surface area (Å²) in [7, 11) is 0. The highest BCUT2D eigenvalue weighted by Gasteiger charge is 2.29. The predicted molar refractivity (Wildman–Crippen MR) is 70.9 cm³/mol. The molecule has 1 aliphatic heterocycles. The standard InChI is InChI=1S/C13H19NO3S/c1-10(14-7-8-18-9-12(14)15)13(16)17-11-5-3-2-4-6-11/h7-8,10-11H,2-6,9H2,1H3. The first kappa shape index (κ1) is 13.5. The highest BCUT2D eigenvalue weighted by Crippen LogP contribution is 2.22. The van der Waals surface area contributed by atoms with E-state index in [1.54, 1.807) is 13.1 Å². The average Bonchev–Trinajstić information content (AvgIpc) is 2.39. The molecular weight excluding hydrogens is 250 g/mol. The van der Waals surface area contributed by atoms with Crippen molar-refractivity contribution >= 4 is 23.6 Å². The van der Waals surface area contributed by atoms with Gasteiger partial charge < -0.3 is 9.64 Å². The Morgan fingerprint density at radius 2 is 2.17 bits per heavy atom. The quantitative estimate of drug-likeness (QED) is 0.738. The van der Waals surface area contributed by atoms with E-state index in [1.807, 2.05) is 5.41 Å². The molecule has 0 aromatic rings. The van der Waals surface area contributed by atoms with E-state index in [4.69, 9.17) is 4.74 Å². The third kappa shape index (κ3) is 3.28. The number of carbonyl (C=O) groups is 2. The molecule has 0 N–H and O–H groups in total. The second-order valence-electron chi connectivity index (χ2n) is 4.77. The molecule has 1 atom stereocenters. The van der Waals surface area contributed by atoms with Crippen LogP contribution in [0.3, 0.4) is 0 Å². The van der Waals surface area contributed by atoms with E-state index < -0.39 is 6.04 Å². The van der Waals surface area contributed by atoms with E-state index in [0.717, 1.165) is 25.7 Å². The molecule has 18 heavy (non-hydrogen) atoms. The molecule has 0 spiro atoms. The fraction of sp³-hybridized carbons (Fsp3) is 0.692. The van der Waals surface area contributed by atoms with Gasteiger partial charge in [-0.1, -0.05) is 6.42 Å². The summed E-state index contributed by atoms with van der Waals surface area (Å²) in [6, 6.07) is -0.517. The van der Waals surface area contributed by atoms with Crippen molar-refractivity contribution in [2.45, 2.75) is 51.2 Å². The number of esters is 1. The second kappa shape index (κ2) is 6.27. The van der Waals surface area contributed by atoms with Crippen LogP contribution in [0.25, 0.3) is 0 Å². The zero-order valence-corrected chi connectivity index (χ0v) is 11.4. The molecule has 1 saturated carbocycles. The molecule has 2 aliphatic rings. The first-order chi connectivity index (χ1) is 8.68. The lowest BCUT2D eigenvalue weighted by molar-refractivity contribution is -0.158. The Labute approximate surface area is 112 Å². The van der Waals surface area contributed by atoms with E-state index >= 15 is 0 Å². The number of rotatable bonds is 3. The summed E-state index contributed by atoms with van der Waals surface area (Å²) in [5.41, 5.74) is 0. The molecule has 0 aromatic carbocycles. The van der Waals surface area contributed by atoms with E-state index in [0.29, 0.717) is 5.75 Å². The van der Waals surface area contributed by atoms with Crippen LogP contribution in [-0.4, -0.2) is 34.7 Å². The van der Waals surface area contributed by atoms with Crippen LogP contribution >= 0.6 is 11.8 Å². The van der Waals surface area contributed by atoms with Crippen molar-refractivity contribution in [3.8, 4) is 0 Å². The van der Waals surface area contributed by atoms with Crippen LogP contribution in [0.4, 0.5) is 0 Å². The van der Waals surface area contributed by atoms with Gasteiger partial charge in [0.15, 0.2) is 0 Å². The van der Waals surface area contributed by atoms with Gasteiger partial charge in [-0.15, -0.1) is 11.8 Å². The zero-order valence-electron chi connectivity index (χ0n) is 10.6. The van der Waals surface area contributed by atoms with Gasteiger partial charge in [-0.2, -0.15) is 0 Å². The molecule has 1 fully saturated rings. The molecule has 0 bridgehead atoms. The van der Waals surface area contributed by atoms with Crippen LogP contribution in [0.15, 0.2) is 11.6 Å². The molecule has 5 heteroatoms. The van der Waals surface area contributed by atoms with Crippen LogP contribution in [-0.2, 0) is 14.3 Å². The van der Waals surface area contributed by atoms with Crippen LogP contribution in [0.1, 0.15) is 39.0 Å². The van der Waals surface area contributed by atoms with E-state index in [2.05, 4.69) is 0 Å². The minimum atomic E-state index is -0.517. The lowest BCUT2D eigenvalue weighted by Gasteiger charge is -2.29. The maximum absolute atomic E-state index is 12.0. The highest BCUT2D eigenvalue weighted by atomic mass is 32.2. The van der Waals surface area contributed by atoms with Gasteiger partial charge >= 0.3 is 5.97 Å². The number of hydrogen-bond acceptors (Lipinski definition) is 4. The molecule has 1 heterocycles. The SMILES string of the molecule is CC(C(=O)OC1CCCCC1)N1C=CSCC1=O. The molecule has 4 nitrogen and oxygen atoms in total. The van der Waals surface area contributed by atoms with Crippen LogP contribution in [0.5, 0.6) is 0 Å². The minimum Gasteiger partial charge on any atom is -0.461 e. The maximum Gasteiger partial charge on any atom is 0.329 e. The Balaban J connectivity index is 1.89. The van der Waals surface area contributed by atoms with E-state index in [-0.39, 0.29) is 18.0 Å². The molecule has 1 unspecified atom stereocenters. The molecule has 2 rings (SSSR count). The molecule has 0 radical (unpaired) electrons. The summed E-state index contributed by atoms with van der Waals surface area (Å²) in [5.74, 6) is 0.0831. The first-order valence-electron chi connectivity index (χ1n) is 6.48. The Kier molecular flexibility index (Phi) is 4.69. The Morgan fingerprint density at radius 3 is 2.83 bits per heavy atom. The predicted octanol–water partition coefficient (Wildman–Crippen LogP) is 2.30. The van der Waals surface area contributed by atoms with Gasteiger partial charge in [0.25, 0.3) is 0 Å². The number of ether oxygens (including phenoxy) is 1. The molecule has 0 saturated heterocycles. The van der Waals surface area contributed by atoms with Crippen molar-refractivity contribution in [3.63, 3.8) is 0 Å². The Hall–Kier alpha value is -0.970. The first-order valence-corrected chi connectivity index (χ1v) is 7.53. The van der Waals surface area contributed by atoms with Crippen LogP contribution in [0.2, 0.25) is 0 Å². The van der Waals surface area contributed by atoms with Crippen molar-refractivity contribution in [1.82, 2.24) is 4.90 Å². The summed E-state index contributed by atoms with van der Waals surface area (Å²) in [5, 5.41) is 1.84. The van der Waals surface area contributed by atoms with Gasteiger partial charge in [-0.05, 0) is 38.0 Å². The van der Waals surface area contributed by atoms with Crippen molar-refractivity contribution in [1.29, 1.82) is 0 Å². The van der Waals surface area contributed by atoms with Gasteiger partial charge in [0.1, 0.15) is 12.1 Å². The van der Waals surface area contributed by atoms with Crippen molar-refractivity contribution in [3.05, 3.63) is 11.6 Å². The Bertz CT molecular complexity index is 350. The zero-order chi connectivity index (χ0) is 13.0. The van der Waals surface area contributed by atoms with Gasteiger partial charge in [0.05, 0.1) is 5.75 Å². The van der Waals surface area contributed by atoms with Gasteiger partial charge in [-0.25, -0.2) is 4.79 Å². The summed E-state index contributed by atoms with van der Waals surface area (Å²) < 4.78 is 5.48. The van der Waals surface area contributed by atoms with Crippen molar-refractivity contribution < 1.29 is 14.3 Å². The van der Waals surface area contributed by atoms with Crippen molar-refractivity contribution in [2.24, 2.45) is 0 Å².